The van der Waals surface area contributed by atoms with E-state index >= 15 is 0 Å². The third kappa shape index (κ3) is 2.99. The number of halogens is 1. The zero-order chi connectivity index (χ0) is 13.2. The summed E-state index contributed by atoms with van der Waals surface area (Å²) in [6.45, 7) is 4.28. The standard InChI is InChI=1S/C15H21ClO2/c1-3-4-5-8-15(2)10-13(17)12-9-11(16)6-7-14(12)18-15/h6-7,9,13,17H,3-5,8,10H2,1-2H3/t13-,15?/m0/s1. The molecule has 100 valence electrons. The monoisotopic (exact) mass is 268 g/mol. The lowest BCUT2D eigenvalue weighted by Gasteiger charge is -2.38. The van der Waals surface area contributed by atoms with Crippen LogP contribution in [0.15, 0.2) is 18.2 Å². The Morgan fingerprint density at radius 1 is 1.44 bits per heavy atom. The first-order chi connectivity index (χ1) is 8.54. The fourth-order valence-corrected chi connectivity index (χ4v) is 2.78. The second-order valence-corrected chi connectivity index (χ2v) is 5.85. The van der Waals surface area contributed by atoms with Gasteiger partial charge in [0.15, 0.2) is 0 Å². The molecule has 0 radical (unpaired) electrons. The van der Waals surface area contributed by atoms with E-state index in [0.29, 0.717) is 11.4 Å². The van der Waals surface area contributed by atoms with Crippen LogP contribution >= 0.6 is 11.6 Å². The van der Waals surface area contributed by atoms with Gasteiger partial charge in [-0.25, -0.2) is 0 Å². The molecule has 0 amide bonds. The Hall–Kier alpha value is -0.730. The zero-order valence-electron chi connectivity index (χ0n) is 11.1. The van der Waals surface area contributed by atoms with E-state index in [4.69, 9.17) is 16.3 Å². The maximum atomic E-state index is 10.2. The van der Waals surface area contributed by atoms with Crippen molar-refractivity contribution in [1.29, 1.82) is 0 Å². The molecular formula is C15H21ClO2. The average Bonchev–Trinajstić information content (AvgIpc) is 2.31. The molecule has 2 rings (SSSR count). The number of aliphatic hydroxyl groups is 1. The van der Waals surface area contributed by atoms with Crippen molar-refractivity contribution in [1.82, 2.24) is 0 Å². The highest BCUT2D eigenvalue weighted by Crippen LogP contribution is 2.42. The second kappa shape index (κ2) is 5.50. The van der Waals surface area contributed by atoms with Crippen LogP contribution in [0.25, 0.3) is 0 Å². The smallest absolute Gasteiger partial charge is 0.126 e. The minimum Gasteiger partial charge on any atom is -0.487 e. The number of hydrogen-bond acceptors (Lipinski definition) is 2. The van der Waals surface area contributed by atoms with Gasteiger partial charge in [0.2, 0.25) is 0 Å². The summed E-state index contributed by atoms with van der Waals surface area (Å²) in [5, 5.41) is 10.9. The highest BCUT2D eigenvalue weighted by atomic mass is 35.5. The van der Waals surface area contributed by atoms with Crippen molar-refractivity contribution in [3.63, 3.8) is 0 Å². The molecule has 0 bridgehead atoms. The van der Waals surface area contributed by atoms with Crippen LogP contribution in [0.4, 0.5) is 0 Å². The van der Waals surface area contributed by atoms with Gasteiger partial charge in [0, 0.05) is 17.0 Å². The van der Waals surface area contributed by atoms with Gasteiger partial charge in [-0.05, 0) is 38.0 Å². The molecule has 0 aromatic heterocycles. The molecule has 0 saturated heterocycles. The molecule has 1 aliphatic rings. The number of ether oxygens (including phenoxy) is 1. The lowest BCUT2D eigenvalue weighted by molar-refractivity contribution is -0.00841. The molecule has 2 atom stereocenters. The molecule has 1 aromatic carbocycles. The van der Waals surface area contributed by atoms with Gasteiger partial charge in [-0.15, -0.1) is 0 Å². The van der Waals surface area contributed by atoms with Crippen LogP contribution in [-0.4, -0.2) is 10.7 Å². The maximum Gasteiger partial charge on any atom is 0.126 e. The van der Waals surface area contributed by atoms with Gasteiger partial charge in [-0.3, -0.25) is 0 Å². The summed E-state index contributed by atoms with van der Waals surface area (Å²) in [7, 11) is 0. The molecule has 1 aliphatic heterocycles. The first-order valence-electron chi connectivity index (χ1n) is 6.70. The highest BCUT2D eigenvalue weighted by Gasteiger charge is 2.36. The fraction of sp³-hybridized carbons (Fsp3) is 0.600. The summed E-state index contributed by atoms with van der Waals surface area (Å²) in [5.74, 6) is 0.775. The van der Waals surface area contributed by atoms with Crippen LogP contribution in [0.5, 0.6) is 5.75 Å². The molecule has 3 heteroatoms. The predicted octanol–water partition coefficient (Wildman–Crippen LogP) is 4.49. The van der Waals surface area contributed by atoms with Gasteiger partial charge >= 0.3 is 0 Å². The van der Waals surface area contributed by atoms with Crippen molar-refractivity contribution >= 4 is 11.6 Å². The Morgan fingerprint density at radius 2 is 2.22 bits per heavy atom. The molecule has 0 fully saturated rings. The molecule has 18 heavy (non-hydrogen) atoms. The van der Waals surface area contributed by atoms with Gasteiger partial charge in [0.1, 0.15) is 11.4 Å². The number of aliphatic hydroxyl groups excluding tert-OH is 1. The van der Waals surface area contributed by atoms with E-state index in [9.17, 15) is 5.11 Å². The lowest BCUT2D eigenvalue weighted by atomic mass is 9.86. The van der Waals surface area contributed by atoms with Crippen LogP contribution in [0.1, 0.15) is 57.6 Å². The average molecular weight is 269 g/mol. The molecule has 0 spiro atoms. The number of benzene rings is 1. The number of rotatable bonds is 4. The second-order valence-electron chi connectivity index (χ2n) is 5.41. The van der Waals surface area contributed by atoms with Gasteiger partial charge in [-0.1, -0.05) is 31.4 Å². The van der Waals surface area contributed by atoms with E-state index in [1.165, 1.54) is 12.8 Å². The maximum absolute atomic E-state index is 10.2. The van der Waals surface area contributed by atoms with Crippen molar-refractivity contribution in [3.05, 3.63) is 28.8 Å². The molecular weight excluding hydrogens is 248 g/mol. The third-order valence-electron chi connectivity index (χ3n) is 3.62. The molecule has 1 aromatic rings. The van der Waals surface area contributed by atoms with Crippen LogP contribution in [0.2, 0.25) is 5.02 Å². The van der Waals surface area contributed by atoms with E-state index in [2.05, 4.69) is 13.8 Å². The normalized spacial score (nSPS) is 26.6. The van der Waals surface area contributed by atoms with Crippen LogP contribution < -0.4 is 4.74 Å². The van der Waals surface area contributed by atoms with E-state index in [1.807, 2.05) is 12.1 Å². The molecule has 1 N–H and O–H groups in total. The summed E-state index contributed by atoms with van der Waals surface area (Å²) in [6.07, 6.45) is 4.71. The first-order valence-corrected chi connectivity index (χ1v) is 7.08. The number of unbranched alkanes of at least 4 members (excludes halogenated alkanes) is 2. The largest absolute Gasteiger partial charge is 0.487 e. The molecule has 1 unspecified atom stereocenters. The first kappa shape index (κ1) is 13.7. The van der Waals surface area contributed by atoms with Crippen LogP contribution in [0.3, 0.4) is 0 Å². The van der Waals surface area contributed by atoms with Crippen molar-refractivity contribution in [3.8, 4) is 5.75 Å². The highest BCUT2D eigenvalue weighted by molar-refractivity contribution is 6.30. The van der Waals surface area contributed by atoms with Gasteiger partial charge < -0.3 is 9.84 Å². The third-order valence-corrected chi connectivity index (χ3v) is 3.86. The Bertz CT molecular complexity index is 419. The predicted molar refractivity (Wildman–Crippen MR) is 74.2 cm³/mol. The van der Waals surface area contributed by atoms with E-state index in [0.717, 1.165) is 24.2 Å². The summed E-state index contributed by atoms with van der Waals surface area (Å²) >= 11 is 5.95. The topological polar surface area (TPSA) is 29.5 Å². The molecule has 1 heterocycles. The van der Waals surface area contributed by atoms with Gasteiger partial charge in [0.25, 0.3) is 0 Å². The van der Waals surface area contributed by atoms with E-state index in [1.54, 1.807) is 6.07 Å². The van der Waals surface area contributed by atoms with Gasteiger partial charge in [-0.2, -0.15) is 0 Å². The minimum absolute atomic E-state index is 0.255. The van der Waals surface area contributed by atoms with Crippen molar-refractivity contribution in [2.45, 2.75) is 57.7 Å². The quantitative estimate of drug-likeness (QED) is 0.815. The van der Waals surface area contributed by atoms with E-state index < -0.39 is 6.10 Å². The van der Waals surface area contributed by atoms with E-state index in [-0.39, 0.29) is 5.60 Å². The van der Waals surface area contributed by atoms with Crippen molar-refractivity contribution in [2.24, 2.45) is 0 Å². The Morgan fingerprint density at radius 3 is 2.94 bits per heavy atom. The summed E-state index contributed by atoms with van der Waals surface area (Å²) in [5.41, 5.74) is 0.561. The Kier molecular flexibility index (Phi) is 4.18. The Balaban J connectivity index is 2.14. The molecule has 2 nitrogen and oxygen atoms in total. The fourth-order valence-electron chi connectivity index (χ4n) is 2.60. The molecule has 0 saturated carbocycles. The van der Waals surface area contributed by atoms with Crippen molar-refractivity contribution in [2.75, 3.05) is 0 Å². The van der Waals surface area contributed by atoms with Crippen LogP contribution in [-0.2, 0) is 0 Å². The number of fused-ring (bicyclic) bond motifs is 1. The summed E-state index contributed by atoms with van der Waals surface area (Å²) < 4.78 is 6.07. The lowest BCUT2D eigenvalue weighted by Crippen LogP contribution is -2.38. The van der Waals surface area contributed by atoms with Crippen molar-refractivity contribution < 1.29 is 9.84 Å². The van der Waals surface area contributed by atoms with Crippen LogP contribution in [0, 0.1) is 0 Å². The Labute approximate surface area is 114 Å². The summed E-state index contributed by atoms with van der Waals surface area (Å²) in [4.78, 5) is 0. The zero-order valence-corrected chi connectivity index (χ0v) is 11.8. The minimum atomic E-state index is -0.473. The molecule has 0 aliphatic carbocycles. The number of hydrogen-bond donors (Lipinski definition) is 1. The van der Waals surface area contributed by atoms with Gasteiger partial charge in [0.05, 0.1) is 6.10 Å². The summed E-state index contributed by atoms with van der Waals surface area (Å²) in [6, 6.07) is 5.47. The SMILES string of the molecule is CCCCCC1(C)C[C@H](O)c2cc(Cl)ccc2O1.